The van der Waals surface area contributed by atoms with Crippen LogP contribution in [0.5, 0.6) is 5.75 Å². The number of benzene rings is 1. The maximum atomic E-state index is 5.86. The fourth-order valence-corrected chi connectivity index (χ4v) is 1.51. The molecule has 19 heavy (non-hydrogen) atoms. The molecule has 0 aliphatic rings. The van der Waals surface area contributed by atoms with Crippen LogP contribution in [0.15, 0.2) is 18.2 Å². The summed E-state index contributed by atoms with van der Waals surface area (Å²) in [7, 11) is 1.66. The van der Waals surface area contributed by atoms with Gasteiger partial charge in [0.15, 0.2) is 0 Å². The molecule has 1 aromatic rings. The Kier molecular flexibility index (Phi) is 7.07. The third kappa shape index (κ3) is 6.31. The van der Waals surface area contributed by atoms with Crippen molar-refractivity contribution in [3.63, 3.8) is 0 Å². The number of nitrogens with two attached hydrogens (primary N) is 1. The van der Waals surface area contributed by atoms with E-state index in [4.69, 9.17) is 19.9 Å². The minimum atomic E-state index is 0.106. The van der Waals surface area contributed by atoms with Gasteiger partial charge in [-0.2, -0.15) is 0 Å². The second-order valence-electron chi connectivity index (χ2n) is 4.45. The zero-order valence-corrected chi connectivity index (χ0v) is 11.9. The number of ether oxygens (including phenoxy) is 3. The van der Waals surface area contributed by atoms with Crippen molar-refractivity contribution in [3.05, 3.63) is 18.2 Å². The smallest absolute Gasteiger partial charge is 0.144 e. The Hall–Kier alpha value is -1.46. The Morgan fingerprint density at radius 2 is 2.00 bits per heavy atom. The number of methoxy groups -OCH3 is 1. The van der Waals surface area contributed by atoms with Crippen LogP contribution in [0.25, 0.3) is 0 Å². The van der Waals surface area contributed by atoms with Gasteiger partial charge in [0.2, 0.25) is 0 Å². The quantitative estimate of drug-likeness (QED) is 0.530. The summed E-state index contributed by atoms with van der Waals surface area (Å²) in [4.78, 5) is 0. The Morgan fingerprint density at radius 1 is 1.21 bits per heavy atom. The van der Waals surface area contributed by atoms with E-state index in [1.807, 2.05) is 32.0 Å². The average Bonchev–Trinajstić information content (AvgIpc) is 2.37. The summed E-state index contributed by atoms with van der Waals surface area (Å²) < 4.78 is 15.9. The van der Waals surface area contributed by atoms with E-state index in [-0.39, 0.29) is 6.10 Å². The van der Waals surface area contributed by atoms with Crippen molar-refractivity contribution in [2.45, 2.75) is 20.0 Å². The number of rotatable bonds is 9. The van der Waals surface area contributed by atoms with Gasteiger partial charge in [0.05, 0.1) is 31.6 Å². The van der Waals surface area contributed by atoms with E-state index < -0.39 is 0 Å². The molecule has 0 fully saturated rings. The van der Waals surface area contributed by atoms with Crippen molar-refractivity contribution in [2.75, 3.05) is 44.5 Å². The lowest BCUT2D eigenvalue weighted by atomic mass is 10.2. The molecule has 108 valence electrons. The lowest BCUT2D eigenvalue weighted by Crippen LogP contribution is -2.12. The molecule has 0 bridgehead atoms. The molecule has 0 spiro atoms. The third-order valence-corrected chi connectivity index (χ3v) is 2.38. The zero-order valence-electron chi connectivity index (χ0n) is 11.9. The van der Waals surface area contributed by atoms with E-state index in [0.29, 0.717) is 31.3 Å². The monoisotopic (exact) mass is 268 g/mol. The molecule has 0 aliphatic carbocycles. The second kappa shape index (κ2) is 8.61. The van der Waals surface area contributed by atoms with Gasteiger partial charge in [-0.3, -0.25) is 0 Å². The van der Waals surface area contributed by atoms with Crippen molar-refractivity contribution >= 4 is 11.4 Å². The molecule has 0 saturated heterocycles. The number of hydrogen-bond acceptors (Lipinski definition) is 5. The highest BCUT2D eigenvalue weighted by molar-refractivity contribution is 5.61. The lowest BCUT2D eigenvalue weighted by molar-refractivity contribution is 0.0759. The molecule has 0 saturated carbocycles. The molecule has 0 heterocycles. The van der Waals surface area contributed by atoms with Crippen LogP contribution in [-0.2, 0) is 9.47 Å². The highest BCUT2D eigenvalue weighted by atomic mass is 16.5. The molecule has 5 heteroatoms. The van der Waals surface area contributed by atoms with E-state index in [0.717, 1.165) is 12.2 Å². The third-order valence-electron chi connectivity index (χ3n) is 2.38. The van der Waals surface area contributed by atoms with Gasteiger partial charge in [0.1, 0.15) is 5.75 Å². The summed E-state index contributed by atoms with van der Waals surface area (Å²) in [6.45, 7) is 6.55. The fourth-order valence-electron chi connectivity index (χ4n) is 1.51. The van der Waals surface area contributed by atoms with E-state index in [1.54, 1.807) is 7.11 Å². The summed E-state index contributed by atoms with van der Waals surface area (Å²) in [6.07, 6.45) is 0.106. The molecule has 0 radical (unpaired) electrons. The van der Waals surface area contributed by atoms with Gasteiger partial charge in [-0.05, 0) is 26.0 Å². The van der Waals surface area contributed by atoms with Gasteiger partial charge in [0.25, 0.3) is 0 Å². The maximum absolute atomic E-state index is 5.86. The summed E-state index contributed by atoms with van der Waals surface area (Å²) >= 11 is 0. The van der Waals surface area contributed by atoms with Crippen LogP contribution in [0.1, 0.15) is 13.8 Å². The molecular weight excluding hydrogens is 244 g/mol. The van der Waals surface area contributed by atoms with E-state index in [1.165, 1.54) is 0 Å². The molecule has 0 unspecified atom stereocenters. The van der Waals surface area contributed by atoms with Crippen molar-refractivity contribution in [2.24, 2.45) is 0 Å². The molecule has 1 rings (SSSR count). The Labute approximate surface area is 115 Å². The highest BCUT2D eigenvalue weighted by Gasteiger charge is 2.04. The molecule has 0 amide bonds. The first-order valence-corrected chi connectivity index (χ1v) is 6.50. The average molecular weight is 268 g/mol. The van der Waals surface area contributed by atoms with E-state index >= 15 is 0 Å². The first kappa shape index (κ1) is 15.6. The minimum Gasteiger partial charge on any atom is -0.489 e. The van der Waals surface area contributed by atoms with Crippen molar-refractivity contribution in [1.82, 2.24) is 0 Å². The number of hydrogen-bond donors (Lipinski definition) is 2. The topological polar surface area (TPSA) is 65.7 Å². The Balaban J connectivity index is 2.37. The molecule has 5 nitrogen and oxygen atoms in total. The van der Waals surface area contributed by atoms with Crippen LogP contribution in [0.3, 0.4) is 0 Å². The predicted molar refractivity (Wildman–Crippen MR) is 77.8 cm³/mol. The zero-order chi connectivity index (χ0) is 14.1. The van der Waals surface area contributed by atoms with Gasteiger partial charge in [-0.1, -0.05) is 0 Å². The van der Waals surface area contributed by atoms with Gasteiger partial charge < -0.3 is 25.3 Å². The first-order chi connectivity index (χ1) is 9.13. The largest absolute Gasteiger partial charge is 0.489 e. The highest BCUT2D eigenvalue weighted by Crippen LogP contribution is 2.26. The van der Waals surface area contributed by atoms with Crippen molar-refractivity contribution < 1.29 is 14.2 Å². The van der Waals surface area contributed by atoms with Crippen LogP contribution in [0.2, 0.25) is 0 Å². The predicted octanol–water partition coefficient (Wildman–Crippen LogP) is 2.13. The molecule has 3 N–H and O–H groups in total. The van der Waals surface area contributed by atoms with Crippen molar-refractivity contribution in [3.8, 4) is 5.75 Å². The summed E-state index contributed by atoms with van der Waals surface area (Å²) in [5.74, 6) is 0.709. The Morgan fingerprint density at radius 3 is 2.68 bits per heavy atom. The molecule has 0 aromatic heterocycles. The number of nitrogens with one attached hydrogen (secondary N) is 1. The fraction of sp³-hybridized carbons (Fsp3) is 0.571. The van der Waals surface area contributed by atoms with Gasteiger partial charge in [-0.15, -0.1) is 0 Å². The van der Waals surface area contributed by atoms with E-state index in [9.17, 15) is 0 Å². The van der Waals surface area contributed by atoms with Gasteiger partial charge >= 0.3 is 0 Å². The lowest BCUT2D eigenvalue weighted by Gasteiger charge is -2.14. The molecule has 0 atom stereocenters. The first-order valence-electron chi connectivity index (χ1n) is 6.50. The van der Waals surface area contributed by atoms with Crippen molar-refractivity contribution in [1.29, 1.82) is 0 Å². The minimum absolute atomic E-state index is 0.106. The molecule has 1 aromatic carbocycles. The summed E-state index contributed by atoms with van der Waals surface area (Å²) in [5.41, 5.74) is 7.48. The van der Waals surface area contributed by atoms with Crippen LogP contribution in [0.4, 0.5) is 11.4 Å². The normalized spacial score (nSPS) is 10.7. The summed E-state index contributed by atoms with van der Waals surface area (Å²) in [6, 6.07) is 5.67. The molecule has 0 aliphatic heterocycles. The van der Waals surface area contributed by atoms with E-state index in [2.05, 4.69) is 5.32 Å². The number of nitrogen functional groups attached to an aromatic ring is 1. The number of anilines is 2. The van der Waals surface area contributed by atoms with Crippen LogP contribution in [0, 0.1) is 0 Å². The van der Waals surface area contributed by atoms with Crippen LogP contribution in [-0.4, -0.2) is 39.6 Å². The standard InChI is InChI=1S/C14H24N2O3/c1-11(2)19-14-10-12(4-5-13(14)15)16-6-7-18-9-8-17-3/h4-5,10-11,16H,6-9,15H2,1-3H3. The second-order valence-corrected chi connectivity index (χ2v) is 4.45. The van der Waals surface area contributed by atoms with Crippen LogP contribution >= 0.6 is 0 Å². The SMILES string of the molecule is COCCOCCNc1ccc(N)c(OC(C)C)c1. The van der Waals surface area contributed by atoms with Crippen LogP contribution < -0.4 is 15.8 Å². The maximum Gasteiger partial charge on any atom is 0.144 e. The summed E-state index contributed by atoms with van der Waals surface area (Å²) in [5, 5.41) is 3.26. The van der Waals surface area contributed by atoms with Gasteiger partial charge in [0, 0.05) is 25.4 Å². The molecular formula is C14H24N2O3. The Bertz CT molecular complexity index is 370. The van der Waals surface area contributed by atoms with Gasteiger partial charge in [-0.25, -0.2) is 0 Å².